The maximum absolute atomic E-state index is 12.0. The molecule has 0 bridgehead atoms. The number of aliphatic hydroxyl groups excluding tert-OH is 1. The van der Waals surface area contributed by atoms with Crippen molar-refractivity contribution < 1.29 is 9.84 Å². The highest BCUT2D eigenvalue weighted by molar-refractivity contribution is 5.29. The van der Waals surface area contributed by atoms with Crippen LogP contribution in [0.2, 0.25) is 0 Å². The van der Waals surface area contributed by atoms with E-state index >= 15 is 0 Å². The van der Waals surface area contributed by atoms with Gasteiger partial charge in [-0.15, -0.1) is 0 Å². The van der Waals surface area contributed by atoms with Crippen molar-refractivity contribution in [1.29, 1.82) is 0 Å². The van der Waals surface area contributed by atoms with Crippen molar-refractivity contribution in [1.82, 2.24) is 9.55 Å². The first-order valence-electron chi connectivity index (χ1n) is 6.60. The molecule has 2 heterocycles. The average Bonchev–Trinajstić information content (AvgIpc) is 2.98. The number of rotatable bonds is 2. The van der Waals surface area contributed by atoms with E-state index in [1.165, 1.54) is 10.8 Å². The van der Waals surface area contributed by atoms with Gasteiger partial charge < -0.3 is 9.84 Å². The number of aromatic nitrogens is 2. The van der Waals surface area contributed by atoms with E-state index in [4.69, 9.17) is 4.74 Å². The fourth-order valence-corrected chi connectivity index (χ4v) is 3.04. The SMILES string of the molecule is Cc1cn(C2(C)C=CC3(CO)CC3(C)O2)c(=O)[nH]c1=O. The molecule has 6 nitrogen and oxygen atoms in total. The second kappa shape index (κ2) is 3.71. The second-order valence-corrected chi connectivity index (χ2v) is 6.15. The summed E-state index contributed by atoms with van der Waals surface area (Å²) in [6.07, 6.45) is 5.92. The molecule has 1 aromatic rings. The summed E-state index contributed by atoms with van der Waals surface area (Å²) in [5.74, 6) is 0. The van der Waals surface area contributed by atoms with E-state index in [1.54, 1.807) is 19.9 Å². The smallest absolute Gasteiger partial charge is 0.330 e. The van der Waals surface area contributed by atoms with Crippen molar-refractivity contribution in [3.05, 3.63) is 44.8 Å². The topological polar surface area (TPSA) is 84.3 Å². The predicted octanol–water partition coefficient (Wildman–Crippen LogP) is 0.245. The highest BCUT2D eigenvalue weighted by Gasteiger charge is 2.68. The zero-order chi connectivity index (χ0) is 14.8. The molecule has 1 fully saturated rings. The monoisotopic (exact) mass is 278 g/mol. The Bertz CT molecular complexity index is 719. The molecule has 1 aliphatic carbocycles. The van der Waals surface area contributed by atoms with Gasteiger partial charge in [0, 0.05) is 17.2 Å². The van der Waals surface area contributed by atoms with Crippen LogP contribution in [0.3, 0.4) is 0 Å². The molecular formula is C14H18N2O4. The van der Waals surface area contributed by atoms with Gasteiger partial charge in [0.2, 0.25) is 0 Å². The zero-order valence-electron chi connectivity index (χ0n) is 11.8. The van der Waals surface area contributed by atoms with Gasteiger partial charge in [-0.05, 0) is 33.3 Å². The summed E-state index contributed by atoms with van der Waals surface area (Å²) in [5, 5.41) is 9.49. The lowest BCUT2D eigenvalue weighted by Crippen LogP contribution is -2.48. The number of hydrogen-bond acceptors (Lipinski definition) is 4. The predicted molar refractivity (Wildman–Crippen MR) is 72.5 cm³/mol. The zero-order valence-corrected chi connectivity index (χ0v) is 11.8. The van der Waals surface area contributed by atoms with E-state index in [9.17, 15) is 14.7 Å². The first-order chi connectivity index (χ1) is 9.25. The van der Waals surface area contributed by atoms with Crippen molar-refractivity contribution in [3.63, 3.8) is 0 Å². The summed E-state index contributed by atoms with van der Waals surface area (Å²) in [6.45, 7) is 5.36. The molecule has 3 unspecified atom stereocenters. The Balaban J connectivity index is 2.10. The standard InChI is InChI=1S/C14H18N2O4/c1-9-6-16(11(19)15-10(9)18)13(3)4-5-14(8-17)7-12(14,2)20-13/h4-6,17H,7-8H2,1-3H3,(H,15,18,19). The van der Waals surface area contributed by atoms with E-state index in [2.05, 4.69) is 4.98 Å². The molecule has 108 valence electrons. The lowest BCUT2D eigenvalue weighted by Gasteiger charge is -2.37. The van der Waals surface area contributed by atoms with Gasteiger partial charge in [0.1, 0.15) is 0 Å². The van der Waals surface area contributed by atoms with Crippen LogP contribution >= 0.6 is 0 Å². The number of aryl methyl sites for hydroxylation is 1. The first kappa shape index (κ1) is 13.3. The molecular weight excluding hydrogens is 260 g/mol. The Hall–Kier alpha value is -1.66. The summed E-state index contributed by atoms with van der Waals surface area (Å²) in [5.41, 5.74) is -2.23. The van der Waals surface area contributed by atoms with Crippen LogP contribution in [0.5, 0.6) is 0 Å². The number of aliphatic hydroxyl groups is 1. The minimum absolute atomic E-state index is 0.0234. The number of hydrogen-bond donors (Lipinski definition) is 2. The van der Waals surface area contributed by atoms with Gasteiger partial charge in [0.15, 0.2) is 5.72 Å². The Kier molecular flexibility index (Phi) is 2.47. The van der Waals surface area contributed by atoms with E-state index in [0.717, 1.165) is 6.42 Å². The third kappa shape index (κ3) is 1.58. The Labute approximate surface area is 115 Å². The number of nitrogens with zero attached hydrogens (tertiary/aromatic N) is 1. The lowest BCUT2D eigenvalue weighted by atomic mass is 9.97. The van der Waals surface area contributed by atoms with Crippen LogP contribution < -0.4 is 11.2 Å². The van der Waals surface area contributed by atoms with Gasteiger partial charge in [-0.25, -0.2) is 4.79 Å². The van der Waals surface area contributed by atoms with E-state index in [1.807, 2.05) is 13.0 Å². The van der Waals surface area contributed by atoms with E-state index in [-0.39, 0.29) is 12.0 Å². The largest absolute Gasteiger partial charge is 0.395 e. The molecule has 1 saturated carbocycles. The maximum Gasteiger partial charge on any atom is 0.330 e. The van der Waals surface area contributed by atoms with E-state index < -0.39 is 22.6 Å². The van der Waals surface area contributed by atoms with Crippen LogP contribution in [0.4, 0.5) is 0 Å². The second-order valence-electron chi connectivity index (χ2n) is 6.15. The molecule has 0 radical (unpaired) electrons. The summed E-state index contributed by atoms with van der Waals surface area (Å²) in [6, 6.07) is 0. The van der Waals surface area contributed by atoms with Gasteiger partial charge >= 0.3 is 5.69 Å². The van der Waals surface area contributed by atoms with Gasteiger partial charge in [-0.1, -0.05) is 6.08 Å². The molecule has 2 N–H and O–H groups in total. The molecule has 3 atom stereocenters. The fraction of sp³-hybridized carbons (Fsp3) is 0.571. The van der Waals surface area contributed by atoms with Gasteiger partial charge in [-0.3, -0.25) is 14.3 Å². The van der Waals surface area contributed by atoms with Gasteiger partial charge in [0.05, 0.1) is 12.2 Å². The number of fused-ring (bicyclic) bond motifs is 1. The quantitative estimate of drug-likeness (QED) is 0.759. The maximum atomic E-state index is 12.0. The average molecular weight is 278 g/mol. The summed E-state index contributed by atoms with van der Waals surface area (Å²) < 4.78 is 7.47. The van der Waals surface area contributed by atoms with Crippen molar-refractivity contribution in [3.8, 4) is 0 Å². The molecule has 6 heteroatoms. The summed E-state index contributed by atoms with van der Waals surface area (Å²) in [7, 11) is 0. The molecule has 0 amide bonds. The Morgan fingerprint density at radius 3 is 2.70 bits per heavy atom. The van der Waals surface area contributed by atoms with Crippen molar-refractivity contribution >= 4 is 0 Å². The molecule has 20 heavy (non-hydrogen) atoms. The van der Waals surface area contributed by atoms with Gasteiger partial charge in [0.25, 0.3) is 5.56 Å². The van der Waals surface area contributed by atoms with Crippen molar-refractivity contribution in [2.45, 2.75) is 38.5 Å². The molecule has 0 aromatic carbocycles. The fourth-order valence-electron chi connectivity index (χ4n) is 3.04. The van der Waals surface area contributed by atoms with Crippen molar-refractivity contribution in [2.75, 3.05) is 6.61 Å². The minimum atomic E-state index is -0.962. The molecule has 1 aliphatic heterocycles. The Morgan fingerprint density at radius 2 is 2.10 bits per heavy atom. The van der Waals surface area contributed by atoms with Crippen molar-refractivity contribution in [2.24, 2.45) is 5.41 Å². The number of aromatic amines is 1. The normalized spacial score (nSPS) is 38.6. The van der Waals surface area contributed by atoms with Crippen LogP contribution in [-0.4, -0.2) is 26.9 Å². The molecule has 0 spiro atoms. The summed E-state index contributed by atoms with van der Waals surface area (Å²) >= 11 is 0. The lowest BCUT2D eigenvalue weighted by molar-refractivity contribution is -0.136. The molecule has 2 aliphatic rings. The Morgan fingerprint density at radius 1 is 1.40 bits per heavy atom. The molecule has 0 saturated heterocycles. The first-order valence-corrected chi connectivity index (χ1v) is 6.60. The van der Waals surface area contributed by atoms with Crippen LogP contribution in [0.15, 0.2) is 27.9 Å². The highest BCUT2D eigenvalue weighted by atomic mass is 16.5. The minimum Gasteiger partial charge on any atom is -0.395 e. The third-order valence-corrected chi connectivity index (χ3v) is 4.61. The van der Waals surface area contributed by atoms with Crippen LogP contribution in [-0.2, 0) is 10.5 Å². The molecule has 1 aromatic heterocycles. The van der Waals surface area contributed by atoms with Gasteiger partial charge in [-0.2, -0.15) is 0 Å². The summed E-state index contributed by atoms with van der Waals surface area (Å²) in [4.78, 5) is 25.7. The third-order valence-electron chi connectivity index (χ3n) is 4.61. The highest BCUT2D eigenvalue weighted by Crippen LogP contribution is 2.63. The van der Waals surface area contributed by atoms with Crippen LogP contribution in [0.1, 0.15) is 25.8 Å². The van der Waals surface area contributed by atoms with Crippen LogP contribution in [0.25, 0.3) is 0 Å². The number of nitrogens with one attached hydrogen (secondary N) is 1. The number of ether oxygens (including phenoxy) is 1. The number of H-pyrrole nitrogens is 1. The van der Waals surface area contributed by atoms with E-state index in [0.29, 0.717) is 5.56 Å². The molecule has 3 rings (SSSR count). The van der Waals surface area contributed by atoms with Crippen LogP contribution in [0, 0.1) is 12.3 Å².